The van der Waals surface area contributed by atoms with Crippen molar-refractivity contribution in [1.29, 1.82) is 0 Å². The molecular formula is C28H32N2O2. The van der Waals surface area contributed by atoms with Gasteiger partial charge in [-0.05, 0) is 54.7 Å². The Hall–Kier alpha value is -3.14. The largest absolute Gasteiger partial charge is 0.465 e. The fourth-order valence-electron chi connectivity index (χ4n) is 5.17. The number of hydrogen-bond acceptors (Lipinski definition) is 3. The van der Waals surface area contributed by atoms with Gasteiger partial charge in [0.05, 0.1) is 24.1 Å². The topological polar surface area (TPSA) is 44.1 Å². The summed E-state index contributed by atoms with van der Waals surface area (Å²) in [5, 5.41) is 1.21. The van der Waals surface area contributed by atoms with Crippen LogP contribution >= 0.6 is 0 Å². The Balaban J connectivity index is 2.04. The van der Waals surface area contributed by atoms with Crippen molar-refractivity contribution in [2.24, 2.45) is 0 Å². The van der Waals surface area contributed by atoms with E-state index in [2.05, 4.69) is 34.8 Å². The summed E-state index contributed by atoms with van der Waals surface area (Å²) in [6, 6.07) is 10.1. The molecule has 4 heteroatoms. The second-order valence-corrected chi connectivity index (χ2v) is 8.57. The number of nitrogens with zero attached hydrogens (tertiary/aromatic N) is 2. The molecule has 0 aliphatic heterocycles. The Morgan fingerprint density at radius 1 is 1.16 bits per heavy atom. The molecule has 0 N–H and O–H groups in total. The second kappa shape index (κ2) is 9.99. The Kier molecular flexibility index (Phi) is 6.89. The van der Waals surface area contributed by atoms with Crippen LogP contribution in [0.15, 0.2) is 55.8 Å². The third-order valence-corrected chi connectivity index (χ3v) is 6.64. The van der Waals surface area contributed by atoms with Gasteiger partial charge in [0.15, 0.2) is 0 Å². The van der Waals surface area contributed by atoms with Gasteiger partial charge in [0, 0.05) is 29.2 Å². The van der Waals surface area contributed by atoms with Gasteiger partial charge in [-0.1, -0.05) is 50.8 Å². The Labute approximate surface area is 190 Å². The molecule has 0 saturated heterocycles. The molecule has 1 fully saturated rings. The predicted octanol–water partition coefficient (Wildman–Crippen LogP) is 7.15. The fourth-order valence-corrected chi connectivity index (χ4v) is 5.17. The number of allylic oxidation sites excluding steroid dienone is 1. The normalized spacial score (nSPS) is 15.2. The van der Waals surface area contributed by atoms with E-state index in [-0.39, 0.29) is 5.97 Å². The molecule has 0 amide bonds. The van der Waals surface area contributed by atoms with Gasteiger partial charge in [-0.25, -0.2) is 4.79 Å². The summed E-state index contributed by atoms with van der Waals surface area (Å²) >= 11 is 0. The van der Waals surface area contributed by atoms with E-state index in [0.717, 1.165) is 16.8 Å². The highest BCUT2D eigenvalue weighted by Crippen LogP contribution is 2.44. The maximum atomic E-state index is 12.3. The molecule has 0 spiro atoms. The molecule has 1 aliphatic rings. The van der Waals surface area contributed by atoms with Crippen LogP contribution in [-0.4, -0.2) is 22.6 Å². The lowest BCUT2D eigenvalue weighted by molar-refractivity contribution is 0.0601. The average molecular weight is 429 g/mol. The van der Waals surface area contributed by atoms with Crippen molar-refractivity contribution in [3.63, 3.8) is 0 Å². The Morgan fingerprint density at radius 2 is 1.91 bits per heavy atom. The molecule has 2 aromatic heterocycles. The minimum absolute atomic E-state index is 0.319. The Bertz CT molecular complexity index is 1130. The van der Waals surface area contributed by atoms with Crippen molar-refractivity contribution in [3.05, 3.63) is 72.6 Å². The molecule has 1 saturated carbocycles. The first-order valence-corrected chi connectivity index (χ1v) is 11.6. The number of esters is 1. The van der Waals surface area contributed by atoms with Gasteiger partial charge in [-0.3, -0.25) is 4.98 Å². The average Bonchev–Trinajstić information content (AvgIpc) is 3.12. The Morgan fingerprint density at radius 3 is 2.59 bits per heavy atom. The summed E-state index contributed by atoms with van der Waals surface area (Å²) in [5.41, 5.74) is 6.11. The smallest absolute Gasteiger partial charge is 0.337 e. The number of rotatable bonds is 6. The molecule has 0 radical (unpaired) electrons. The molecule has 0 unspecified atom stereocenters. The lowest BCUT2D eigenvalue weighted by Crippen LogP contribution is -2.06. The molecule has 32 heavy (non-hydrogen) atoms. The molecule has 2 heterocycles. The third kappa shape index (κ3) is 4.14. The highest BCUT2D eigenvalue weighted by atomic mass is 16.5. The van der Waals surface area contributed by atoms with Crippen molar-refractivity contribution < 1.29 is 9.53 Å². The molecule has 0 bridgehead atoms. The summed E-state index contributed by atoms with van der Waals surface area (Å²) in [4.78, 5) is 16.9. The standard InChI is InChI=1S/C28H32N2O2/c1-4-18-30-25-19-21(28(31)32-3)15-16-23(25)26(20-12-9-7-6-8-10-13-20)27(30)22-14-11-17-29-24(22)5-2/h4-5,11,14-17,19-20H,1-2,6-10,12-13,18H2,3H3. The molecular weight excluding hydrogens is 396 g/mol. The first-order chi connectivity index (χ1) is 15.7. The zero-order valence-electron chi connectivity index (χ0n) is 19.0. The van der Waals surface area contributed by atoms with Crippen LogP contribution in [0.5, 0.6) is 0 Å². The number of benzene rings is 1. The first kappa shape index (κ1) is 22.1. The second-order valence-electron chi connectivity index (χ2n) is 8.57. The quantitative estimate of drug-likeness (QED) is 0.309. The van der Waals surface area contributed by atoms with Crippen LogP contribution in [0.4, 0.5) is 0 Å². The monoisotopic (exact) mass is 428 g/mol. The van der Waals surface area contributed by atoms with Crippen molar-refractivity contribution in [2.45, 2.75) is 57.4 Å². The van der Waals surface area contributed by atoms with Crippen LogP contribution in [-0.2, 0) is 11.3 Å². The summed E-state index contributed by atoms with van der Waals surface area (Å²) in [6.07, 6.45) is 14.4. The van der Waals surface area contributed by atoms with Crippen LogP contribution in [0.1, 0.15) is 72.5 Å². The van der Waals surface area contributed by atoms with Gasteiger partial charge in [-0.2, -0.15) is 0 Å². The number of methoxy groups -OCH3 is 1. The maximum absolute atomic E-state index is 12.3. The van der Waals surface area contributed by atoms with Crippen molar-refractivity contribution in [1.82, 2.24) is 9.55 Å². The van der Waals surface area contributed by atoms with Crippen LogP contribution in [0.25, 0.3) is 28.2 Å². The summed E-state index contributed by atoms with van der Waals surface area (Å²) in [7, 11) is 1.42. The fraction of sp³-hybridized carbons (Fsp3) is 0.357. The predicted molar refractivity (Wildman–Crippen MR) is 132 cm³/mol. The van der Waals surface area contributed by atoms with Crippen LogP contribution < -0.4 is 0 Å². The van der Waals surface area contributed by atoms with E-state index in [1.807, 2.05) is 36.5 Å². The molecule has 0 atom stereocenters. The first-order valence-electron chi connectivity index (χ1n) is 11.6. The number of fused-ring (bicyclic) bond motifs is 1. The van der Waals surface area contributed by atoms with E-state index in [4.69, 9.17) is 4.74 Å². The van der Waals surface area contributed by atoms with Gasteiger partial charge in [0.25, 0.3) is 0 Å². The van der Waals surface area contributed by atoms with Crippen molar-refractivity contribution in [2.75, 3.05) is 7.11 Å². The molecule has 4 rings (SSSR count). The molecule has 4 nitrogen and oxygen atoms in total. The highest BCUT2D eigenvalue weighted by Gasteiger charge is 2.27. The molecule has 166 valence electrons. The van der Waals surface area contributed by atoms with E-state index < -0.39 is 0 Å². The number of ether oxygens (including phenoxy) is 1. The molecule has 1 aliphatic carbocycles. The lowest BCUT2D eigenvalue weighted by Gasteiger charge is -2.22. The van der Waals surface area contributed by atoms with Gasteiger partial charge in [-0.15, -0.1) is 6.58 Å². The number of hydrogen-bond donors (Lipinski definition) is 0. The van der Waals surface area contributed by atoms with E-state index in [1.165, 1.54) is 68.7 Å². The van der Waals surface area contributed by atoms with Crippen LogP contribution in [0.2, 0.25) is 0 Å². The SMILES string of the molecule is C=CCn1c(-c2cccnc2C=C)c(C2CCCCCCC2)c2ccc(C(=O)OC)cc21. The molecule has 3 aromatic rings. The summed E-state index contributed by atoms with van der Waals surface area (Å²) in [6.45, 7) is 8.67. The van der Waals surface area contributed by atoms with Gasteiger partial charge >= 0.3 is 5.97 Å². The highest BCUT2D eigenvalue weighted by molar-refractivity contribution is 5.99. The summed E-state index contributed by atoms with van der Waals surface area (Å²) in [5.74, 6) is 0.154. The number of carbonyl (C=O) groups excluding carboxylic acids is 1. The summed E-state index contributed by atoms with van der Waals surface area (Å²) < 4.78 is 7.28. The minimum Gasteiger partial charge on any atom is -0.465 e. The zero-order valence-corrected chi connectivity index (χ0v) is 19.0. The number of carbonyl (C=O) groups is 1. The van der Waals surface area contributed by atoms with Gasteiger partial charge in [0.2, 0.25) is 0 Å². The number of pyridine rings is 1. The van der Waals surface area contributed by atoms with E-state index in [0.29, 0.717) is 18.0 Å². The number of aromatic nitrogens is 2. The van der Waals surface area contributed by atoms with Crippen molar-refractivity contribution in [3.8, 4) is 11.3 Å². The lowest BCUT2D eigenvalue weighted by atomic mass is 9.83. The van der Waals surface area contributed by atoms with Gasteiger partial charge in [0.1, 0.15) is 0 Å². The minimum atomic E-state index is -0.319. The van der Waals surface area contributed by atoms with E-state index in [9.17, 15) is 4.79 Å². The molecule has 1 aromatic carbocycles. The zero-order chi connectivity index (χ0) is 22.5. The van der Waals surface area contributed by atoms with Gasteiger partial charge < -0.3 is 9.30 Å². The van der Waals surface area contributed by atoms with E-state index in [1.54, 1.807) is 0 Å². The maximum Gasteiger partial charge on any atom is 0.337 e. The van der Waals surface area contributed by atoms with Crippen LogP contribution in [0, 0.1) is 0 Å². The van der Waals surface area contributed by atoms with Crippen molar-refractivity contribution >= 4 is 22.9 Å². The van der Waals surface area contributed by atoms with Crippen LogP contribution in [0.3, 0.4) is 0 Å². The third-order valence-electron chi connectivity index (χ3n) is 6.64. The van der Waals surface area contributed by atoms with E-state index >= 15 is 0 Å².